The van der Waals surface area contributed by atoms with E-state index in [4.69, 9.17) is 39.1 Å². The van der Waals surface area contributed by atoms with Crippen LogP contribution in [0.25, 0.3) is 0 Å². The zero-order chi connectivity index (χ0) is 80.8. The number of aliphatic hydroxyl groups is 4. The van der Waals surface area contributed by atoms with Crippen molar-refractivity contribution >= 4 is 88.8 Å². The molecule has 0 aliphatic rings. The number of likely N-dealkylation sites (N-methyl/N-ethyl adjacent to an activating group) is 2. The molecule has 1 aromatic carbocycles. The lowest BCUT2D eigenvalue weighted by atomic mass is 9.87. The van der Waals surface area contributed by atoms with Crippen molar-refractivity contribution in [2.24, 2.45) is 79.9 Å². The second-order valence-electron chi connectivity index (χ2n) is 27.2. The number of aliphatic carboxylic acids is 1. The highest BCUT2D eigenvalue weighted by molar-refractivity contribution is 6.02. The van der Waals surface area contributed by atoms with Crippen molar-refractivity contribution in [3.63, 3.8) is 0 Å². The van der Waals surface area contributed by atoms with E-state index in [1.807, 2.05) is 13.8 Å². The Labute approximate surface area is 611 Å². The predicted octanol–water partition coefficient (Wildman–Crippen LogP) is -5.16. The number of guanidine groups is 2. The maximum Gasteiger partial charge on any atom is 0.326 e. The number of rotatable bonds is 47. The third kappa shape index (κ3) is 30.8. The Kier molecular flexibility index (Phi) is 39.7. The summed E-state index contributed by atoms with van der Waals surface area (Å²) in [7, 11) is 3.52. The summed E-state index contributed by atoms with van der Waals surface area (Å²) in [6, 6.07) is -9.43. The fourth-order valence-electron chi connectivity index (χ4n) is 11.0. The number of hydrogen-bond acceptors (Lipinski definition) is 21. The van der Waals surface area contributed by atoms with Crippen molar-refractivity contribution < 1.29 is 97.7 Å². The number of nitrogens with two attached hydrogens (primary N) is 6. The maximum absolute atomic E-state index is 14.8. The van der Waals surface area contributed by atoms with Gasteiger partial charge in [-0.25, -0.2) is 4.79 Å². The molecule has 38 heteroatoms. The van der Waals surface area contributed by atoms with E-state index in [-0.39, 0.29) is 80.3 Å². The molecule has 0 aliphatic carbocycles. The van der Waals surface area contributed by atoms with Crippen molar-refractivity contribution in [3.8, 4) is 5.75 Å². The number of aromatic hydroxyl groups is 1. The van der Waals surface area contributed by atoms with Crippen LogP contribution in [0.4, 0.5) is 0 Å². The van der Waals surface area contributed by atoms with Gasteiger partial charge in [-0.3, -0.25) is 67.5 Å². The van der Waals surface area contributed by atoms with E-state index in [0.29, 0.717) is 6.42 Å². The van der Waals surface area contributed by atoms with E-state index in [0.717, 1.165) is 30.8 Å². The number of phenolic OH excluding ortho intramolecular Hbond substituents is 1. The fourth-order valence-corrected chi connectivity index (χ4v) is 11.0. The first kappa shape index (κ1) is 93.2. The van der Waals surface area contributed by atoms with Crippen LogP contribution in [-0.2, 0) is 67.1 Å². The maximum atomic E-state index is 14.8. The molecule has 0 fully saturated rings. The van der Waals surface area contributed by atoms with Crippen LogP contribution in [0.1, 0.15) is 139 Å². The van der Waals surface area contributed by atoms with E-state index >= 15 is 0 Å². The second-order valence-corrected chi connectivity index (χ2v) is 27.2. The lowest BCUT2D eigenvalue weighted by Crippen LogP contribution is -2.61. The van der Waals surface area contributed by atoms with E-state index in [2.05, 4.69) is 59.1 Å². The van der Waals surface area contributed by atoms with Gasteiger partial charge >= 0.3 is 5.97 Å². The SMILES string of the molecule is C=C(NC(=O)[C@@H](NC(=O)[C@H](O)[C@H](O)[C@H](CCCN=C(N)N)NC(=O)[C@@H](C)NC(=O)[C@H](C)[C@H](O)[C@H](C)CC(C)C)[C@@H](C)[C@@H](C)C(N)=O)C(=O)N[C@@H](C(=O)N[C@H](CCCN=C(N)N)C(=O)N[C@@H](CC(C)C)C(=O)N(C)[C@@H](CCC(N)=O)C(=O)N[C@@H](C(=O)N(C)[C@@H](C)C(=O)O)[C@H](OC)c1ccc(O)cc1)[C@@H](C)O. The van der Waals surface area contributed by atoms with Gasteiger partial charge in [0.25, 0.3) is 11.8 Å². The lowest BCUT2D eigenvalue weighted by molar-refractivity contribution is -0.152. The molecule has 1 rings (SSSR count). The van der Waals surface area contributed by atoms with Gasteiger partial charge in [-0.15, -0.1) is 0 Å². The third-order valence-corrected chi connectivity index (χ3v) is 17.7. The van der Waals surface area contributed by atoms with E-state index in [9.17, 15) is 93.0 Å². The molecule has 0 bridgehead atoms. The van der Waals surface area contributed by atoms with Crippen LogP contribution in [0, 0.1) is 35.5 Å². The van der Waals surface area contributed by atoms with E-state index in [1.54, 1.807) is 20.8 Å². The Balaban J connectivity index is 3.72. The topological polar surface area (TPSA) is 636 Å². The van der Waals surface area contributed by atoms with Crippen molar-refractivity contribution in [3.05, 3.63) is 42.1 Å². The molecule has 26 N–H and O–H groups in total. The number of methoxy groups -OCH3 is 1. The highest BCUT2D eigenvalue weighted by Gasteiger charge is 2.43. The molecule has 18 atom stereocenters. The van der Waals surface area contributed by atoms with Crippen LogP contribution in [0.15, 0.2) is 46.5 Å². The molecular formula is C67H114N18O20. The molecule has 12 amide bonds. The molecule has 0 saturated carbocycles. The Hall–Kier alpha value is -9.79. The highest BCUT2D eigenvalue weighted by Crippen LogP contribution is 2.27. The largest absolute Gasteiger partial charge is 0.508 e. The summed E-state index contributed by atoms with van der Waals surface area (Å²) in [4.78, 5) is 188. The third-order valence-electron chi connectivity index (χ3n) is 17.7. The van der Waals surface area contributed by atoms with Crippen LogP contribution in [0.2, 0.25) is 0 Å². The first-order valence-electron chi connectivity index (χ1n) is 34.3. The minimum absolute atomic E-state index is 0.0341. The summed E-state index contributed by atoms with van der Waals surface area (Å²) in [5.74, 6) is -19.0. The average Bonchev–Trinajstić information content (AvgIpc) is 0.814. The first-order chi connectivity index (χ1) is 48.7. The highest BCUT2D eigenvalue weighted by atomic mass is 16.5. The molecule has 0 heterocycles. The first-order valence-corrected chi connectivity index (χ1v) is 34.3. The van der Waals surface area contributed by atoms with Gasteiger partial charge in [-0.1, -0.05) is 74.1 Å². The van der Waals surface area contributed by atoms with Crippen molar-refractivity contribution in [1.29, 1.82) is 0 Å². The number of carboxylic acid groups (broad SMARTS) is 1. The fraction of sp³-hybridized carbons (Fsp3) is 0.657. The van der Waals surface area contributed by atoms with Gasteiger partial charge in [-0.05, 0) is 107 Å². The number of carboxylic acids is 1. The number of hydrogen-bond donors (Lipinski definition) is 20. The number of primary amides is 2. The molecule has 38 nitrogen and oxygen atoms in total. The second kappa shape index (κ2) is 44.8. The molecule has 0 aliphatic heterocycles. The zero-order valence-corrected chi connectivity index (χ0v) is 62.3. The number of carbonyl (C=O) groups excluding carboxylic acids is 12. The van der Waals surface area contributed by atoms with Gasteiger partial charge in [0.05, 0.1) is 29.9 Å². The summed E-state index contributed by atoms with van der Waals surface area (Å²) in [6.07, 6.45) is -9.93. The standard InChI is InChI=1S/C67H114N18O20/c1-30(2)28-32(5)50(89)35(8)55(93)76-36(9)56(94)78-42(18-16-26-74-66(70)71)51(90)52(91)62(100)81-47(33(6)34(7)54(69)92)60(98)77-37(10)57(95)82-48(39(12)86)61(99)79-43(19-17-27-75-67(72)73)58(96)80-44(29-31(3)4)63(101)85(14)45(24-25-46(68)88)59(97)83-49(64(102)84(13)38(11)65(103)104)53(105-15)40-20-22-41(87)23-21-40/h20-23,30-36,38-39,42-45,47-53,86-87,89-91H,10,16-19,24-29H2,1-9,11-15H3,(H2,68,88)(H2,69,92)(H,76,93)(H,77,98)(H,78,94)(H,79,99)(H,80,96)(H,81,100)(H,82,95)(H,83,97)(H,103,104)(H4,70,71,74)(H4,72,73,75)/t32-,33+,34-,35-,36-,38+,39-,42+,43-,44+,45+,47+,48-,49-,50-,51-,52-,53-/m1/s1. The number of amides is 12. The Morgan fingerprint density at radius 3 is 1.58 bits per heavy atom. The molecule has 105 heavy (non-hydrogen) atoms. The van der Waals surface area contributed by atoms with Crippen LogP contribution in [0.3, 0.4) is 0 Å². The zero-order valence-electron chi connectivity index (χ0n) is 62.3. The average molecular weight is 1490 g/mol. The van der Waals surface area contributed by atoms with Gasteiger partial charge < -0.3 is 122 Å². The summed E-state index contributed by atoms with van der Waals surface area (Å²) in [6.45, 7) is 20.1. The number of ether oxygens (including phenoxy) is 1. The number of aliphatic imine (C=N–C) groups is 2. The van der Waals surface area contributed by atoms with Gasteiger partial charge in [0.15, 0.2) is 18.0 Å². The quantitative estimate of drug-likeness (QED) is 0.0126. The molecule has 0 radical (unpaired) electrons. The monoisotopic (exact) mass is 1490 g/mol. The molecule has 0 spiro atoms. The smallest absolute Gasteiger partial charge is 0.326 e. The molecule has 0 aromatic heterocycles. The van der Waals surface area contributed by atoms with Crippen molar-refractivity contribution in [2.45, 2.75) is 212 Å². The van der Waals surface area contributed by atoms with Crippen molar-refractivity contribution in [1.82, 2.24) is 52.3 Å². The van der Waals surface area contributed by atoms with Crippen LogP contribution >= 0.6 is 0 Å². The summed E-state index contributed by atoms with van der Waals surface area (Å²) in [5, 5.41) is 83.9. The lowest BCUT2D eigenvalue weighted by Gasteiger charge is -2.35. The minimum atomic E-state index is -2.48. The van der Waals surface area contributed by atoms with Crippen molar-refractivity contribution in [2.75, 3.05) is 34.3 Å². The number of carbonyl (C=O) groups is 13. The number of phenols is 1. The minimum Gasteiger partial charge on any atom is -0.508 e. The summed E-state index contributed by atoms with van der Waals surface area (Å²) in [5.41, 5.74) is 32.5. The molecule has 592 valence electrons. The Morgan fingerprint density at radius 2 is 1.09 bits per heavy atom. The normalized spacial score (nSPS) is 16.5. The molecule has 1 aromatic rings. The van der Waals surface area contributed by atoms with Crippen LogP contribution in [-0.4, -0.2) is 242 Å². The van der Waals surface area contributed by atoms with Gasteiger partial charge in [0.1, 0.15) is 66.3 Å². The van der Waals surface area contributed by atoms with Gasteiger partial charge in [-0.2, -0.15) is 0 Å². The predicted molar refractivity (Wildman–Crippen MR) is 383 cm³/mol. The number of nitrogens with zero attached hydrogens (tertiary/aromatic N) is 4. The molecular weight excluding hydrogens is 1380 g/mol. The number of aliphatic hydroxyl groups excluding tert-OH is 4. The Morgan fingerprint density at radius 1 is 0.552 bits per heavy atom. The summed E-state index contributed by atoms with van der Waals surface area (Å²) >= 11 is 0. The van der Waals surface area contributed by atoms with Crippen LogP contribution in [0.5, 0.6) is 5.75 Å². The number of benzene rings is 1. The Bertz CT molecular complexity index is 3200. The van der Waals surface area contributed by atoms with E-state index < -0.39 is 204 Å². The van der Waals surface area contributed by atoms with E-state index in [1.165, 1.54) is 66.0 Å². The summed E-state index contributed by atoms with van der Waals surface area (Å²) < 4.78 is 5.67. The molecule has 0 saturated heterocycles. The van der Waals surface area contributed by atoms with Gasteiger partial charge in [0.2, 0.25) is 59.1 Å². The molecule has 0 unspecified atom stereocenters. The number of nitrogens with one attached hydrogen (secondary N) is 8. The van der Waals surface area contributed by atoms with Gasteiger partial charge in [0, 0.05) is 46.6 Å². The van der Waals surface area contributed by atoms with Crippen LogP contribution < -0.4 is 76.9 Å².